The van der Waals surface area contributed by atoms with E-state index in [1.807, 2.05) is 31.2 Å². The van der Waals surface area contributed by atoms with Gasteiger partial charge in [-0.25, -0.2) is 9.97 Å². The van der Waals surface area contributed by atoms with Gasteiger partial charge in [0.1, 0.15) is 0 Å². The van der Waals surface area contributed by atoms with E-state index in [-0.39, 0.29) is 22.1 Å². The predicted molar refractivity (Wildman–Crippen MR) is 109 cm³/mol. The number of non-ortho nitro benzene ring substituents is 1. The number of anilines is 1. The summed E-state index contributed by atoms with van der Waals surface area (Å²) in [5, 5.41) is 14.0. The molecule has 0 aliphatic rings. The van der Waals surface area contributed by atoms with E-state index in [1.54, 1.807) is 6.07 Å². The Morgan fingerprint density at radius 3 is 2.79 bits per heavy atom. The molecular weight excluding hydrogens is 400 g/mol. The van der Waals surface area contributed by atoms with Crippen molar-refractivity contribution in [2.75, 3.05) is 5.32 Å². The summed E-state index contributed by atoms with van der Waals surface area (Å²) in [5.74, 6) is 0.0888. The Morgan fingerprint density at radius 2 is 2.04 bits per heavy atom. The number of amides is 1. The Balaban J connectivity index is 1.75. The first kappa shape index (κ1) is 19.8. The molecule has 3 rings (SSSR count). The summed E-state index contributed by atoms with van der Waals surface area (Å²) in [6.45, 7) is 2.02. The number of halogens is 1. The number of nitrogens with zero attached hydrogens (tertiary/aromatic N) is 3. The number of nitro benzene ring substituents is 1. The van der Waals surface area contributed by atoms with Crippen molar-refractivity contribution < 1.29 is 9.72 Å². The molecule has 1 aromatic heterocycles. The van der Waals surface area contributed by atoms with Crippen LogP contribution in [-0.2, 0) is 5.75 Å². The Bertz CT molecular complexity index is 1050. The zero-order valence-corrected chi connectivity index (χ0v) is 16.3. The lowest BCUT2D eigenvalue weighted by Crippen LogP contribution is -2.15. The molecule has 9 heteroatoms. The van der Waals surface area contributed by atoms with E-state index in [2.05, 4.69) is 15.3 Å². The molecule has 0 saturated heterocycles. The molecule has 0 unspecified atom stereocenters. The smallest absolute Gasteiger partial charge is 0.275 e. The molecule has 7 nitrogen and oxygen atoms in total. The van der Waals surface area contributed by atoms with Gasteiger partial charge in [-0.05, 0) is 24.1 Å². The summed E-state index contributed by atoms with van der Waals surface area (Å²) in [4.78, 5) is 31.3. The minimum Gasteiger partial charge on any atom is -0.320 e. The molecule has 0 radical (unpaired) electrons. The summed E-state index contributed by atoms with van der Waals surface area (Å²) in [7, 11) is 0. The van der Waals surface area contributed by atoms with Crippen molar-refractivity contribution in [2.24, 2.45) is 0 Å². The third kappa shape index (κ3) is 4.85. The first-order chi connectivity index (χ1) is 13.4. The molecule has 0 fully saturated rings. The van der Waals surface area contributed by atoms with E-state index in [0.29, 0.717) is 10.9 Å². The summed E-state index contributed by atoms with van der Waals surface area (Å²) >= 11 is 7.47. The molecule has 0 aliphatic carbocycles. The van der Waals surface area contributed by atoms with Crippen LogP contribution in [0.15, 0.2) is 59.9 Å². The number of thioether (sulfide) groups is 1. The molecular formula is C19H15ClN4O3S. The highest BCUT2D eigenvalue weighted by atomic mass is 35.5. The fourth-order valence-corrected chi connectivity index (χ4v) is 3.45. The third-order valence-electron chi connectivity index (χ3n) is 3.87. The highest BCUT2D eigenvalue weighted by Gasteiger charge is 2.16. The number of nitro groups is 1. The van der Waals surface area contributed by atoms with Crippen molar-refractivity contribution in [2.45, 2.75) is 17.8 Å². The van der Waals surface area contributed by atoms with E-state index in [4.69, 9.17) is 11.6 Å². The molecule has 0 aliphatic heterocycles. The van der Waals surface area contributed by atoms with Gasteiger partial charge in [-0.15, -0.1) is 0 Å². The molecule has 0 atom stereocenters. The zero-order chi connectivity index (χ0) is 20.1. The number of hydrogen-bond acceptors (Lipinski definition) is 6. The summed E-state index contributed by atoms with van der Waals surface area (Å²) in [6.07, 6.45) is 1.37. The number of rotatable bonds is 6. The minimum atomic E-state index is -0.564. The second-order valence-electron chi connectivity index (χ2n) is 5.83. The predicted octanol–water partition coefficient (Wildman–Crippen LogP) is 4.89. The summed E-state index contributed by atoms with van der Waals surface area (Å²) < 4.78 is 0. The average Bonchev–Trinajstić information content (AvgIpc) is 2.68. The van der Waals surface area contributed by atoms with Gasteiger partial charge in [-0.3, -0.25) is 14.9 Å². The Kier molecular flexibility index (Phi) is 6.23. The van der Waals surface area contributed by atoms with Crippen LogP contribution in [0.3, 0.4) is 0 Å². The van der Waals surface area contributed by atoms with Crippen molar-refractivity contribution in [3.05, 3.63) is 86.7 Å². The van der Waals surface area contributed by atoms with Crippen molar-refractivity contribution in [3.63, 3.8) is 0 Å². The second kappa shape index (κ2) is 8.81. The molecule has 142 valence electrons. The molecule has 1 N–H and O–H groups in total. The van der Waals surface area contributed by atoms with Gasteiger partial charge in [0.2, 0.25) is 0 Å². The van der Waals surface area contributed by atoms with Crippen LogP contribution in [0.4, 0.5) is 11.4 Å². The summed E-state index contributed by atoms with van der Waals surface area (Å²) in [6, 6.07) is 13.6. The number of aromatic nitrogens is 2. The number of nitrogens with one attached hydrogen (secondary N) is 1. The highest BCUT2D eigenvalue weighted by molar-refractivity contribution is 7.98. The van der Waals surface area contributed by atoms with Crippen LogP contribution in [0.2, 0.25) is 5.02 Å². The Labute approximate surface area is 170 Å². The number of hydrogen-bond donors (Lipinski definition) is 1. The van der Waals surface area contributed by atoms with Gasteiger partial charge < -0.3 is 5.32 Å². The maximum Gasteiger partial charge on any atom is 0.275 e. The fraction of sp³-hybridized carbons (Fsp3) is 0.105. The lowest BCUT2D eigenvalue weighted by atomic mass is 10.1. The maximum atomic E-state index is 12.5. The van der Waals surface area contributed by atoms with Crippen molar-refractivity contribution >= 4 is 40.6 Å². The highest BCUT2D eigenvalue weighted by Crippen LogP contribution is 2.24. The standard InChI is InChI=1S/C19H15ClN4O3S/c1-12-5-2-3-6-13(12)11-28-19-21-10-16(20)17(23-19)18(25)22-14-7-4-8-15(9-14)24(26)27/h2-10H,11H2,1H3,(H,22,25). The van der Waals surface area contributed by atoms with Crippen LogP contribution in [0.1, 0.15) is 21.6 Å². The fourth-order valence-electron chi connectivity index (χ4n) is 2.38. The van der Waals surface area contributed by atoms with Gasteiger partial charge in [0.15, 0.2) is 10.9 Å². The lowest BCUT2D eigenvalue weighted by molar-refractivity contribution is -0.384. The Hall–Kier alpha value is -2.97. The van der Waals surface area contributed by atoms with Crippen LogP contribution in [-0.4, -0.2) is 20.8 Å². The molecule has 3 aromatic rings. The molecule has 2 aromatic carbocycles. The molecule has 0 spiro atoms. The number of aryl methyl sites for hydroxylation is 1. The lowest BCUT2D eigenvalue weighted by Gasteiger charge is -2.08. The van der Waals surface area contributed by atoms with Crippen LogP contribution >= 0.6 is 23.4 Å². The van der Waals surface area contributed by atoms with E-state index in [0.717, 1.165) is 11.1 Å². The quantitative estimate of drug-likeness (QED) is 0.267. The normalized spacial score (nSPS) is 10.5. The van der Waals surface area contributed by atoms with Crippen LogP contribution in [0, 0.1) is 17.0 Å². The molecule has 1 amide bonds. The van der Waals surface area contributed by atoms with Crippen LogP contribution in [0.5, 0.6) is 0 Å². The van der Waals surface area contributed by atoms with Crippen LogP contribution < -0.4 is 5.32 Å². The number of carbonyl (C=O) groups is 1. The van der Waals surface area contributed by atoms with E-state index in [1.165, 1.54) is 36.2 Å². The van der Waals surface area contributed by atoms with E-state index in [9.17, 15) is 14.9 Å². The largest absolute Gasteiger partial charge is 0.320 e. The third-order valence-corrected chi connectivity index (χ3v) is 5.06. The number of benzene rings is 2. The van der Waals surface area contributed by atoms with Gasteiger partial charge in [-0.1, -0.05) is 53.7 Å². The minimum absolute atomic E-state index is 0.00968. The SMILES string of the molecule is Cc1ccccc1CSc1ncc(Cl)c(C(=O)Nc2cccc([N+](=O)[O-])c2)n1. The first-order valence-electron chi connectivity index (χ1n) is 8.19. The zero-order valence-electron chi connectivity index (χ0n) is 14.8. The molecule has 0 saturated carbocycles. The van der Waals surface area contributed by atoms with Gasteiger partial charge in [0.25, 0.3) is 11.6 Å². The van der Waals surface area contributed by atoms with Gasteiger partial charge in [0, 0.05) is 23.6 Å². The number of carbonyl (C=O) groups excluding carboxylic acids is 1. The molecule has 1 heterocycles. The van der Waals surface area contributed by atoms with E-state index >= 15 is 0 Å². The van der Waals surface area contributed by atoms with Gasteiger partial charge in [0.05, 0.1) is 16.1 Å². The summed E-state index contributed by atoms with van der Waals surface area (Å²) in [5.41, 5.74) is 2.47. The molecule has 28 heavy (non-hydrogen) atoms. The monoisotopic (exact) mass is 414 g/mol. The van der Waals surface area contributed by atoms with Gasteiger partial charge >= 0.3 is 0 Å². The van der Waals surface area contributed by atoms with Crippen molar-refractivity contribution in [3.8, 4) is 0 Å². The average molecular weight is 415 g/mol. The van der Waals surface area contributed by atoms with Gasteiger partial charge in [-0.2, -0.15) is 0 Å². The molecule has 0 bridgehead atoms. The van der Waals surface area contributed by atoms with Crippen LogP contribution in [0.25, 0.3) is 0 Å². The first-order valence-corrected chi connectivity index (χ1v) is 9.56. The topological polar surface area (TPSA) is 98.0 Å². The van der Waals surface area contributed by atoms with Crippen molar-refractivity contribution in [1.29, 1.82) is 0 Å². The second-order valence-corrected chi connectivity index (χ2v) is 7.18. The van der Waals surface area contributed by atoms with Crippen molar-refractivity contribution in [1.82, 2.24) is 9.97 Å². The van der Waals surface area contributed by atoms with E-state index < -0.39 is 10.8 Å². The Morgan fingerprint density at radius 1 is 1.25 bits per heavy atom. The maximum absolute atomic E-state index is 12.5.